The van der Waals surface area contributed by atoms with E-state index in [9.17, 15) is 9.59 Å². The Labute approximate surface area is 103 Å². The van der Waals surface area contributed by atoms with Crippen LogP contribution in [0, 0.1) is 0 Å². The molecule has 0 fully saturated rings. The first-order valence-corrected chi connectivity index (χ1v) is 6.00. The number of aryl methyl sites for hydroxylation is 1. The second kappa shape index (κ2) is 5.18. The molecule has 7 nitrogen and oxygen atoms in total. The van der Waals surface area contributed by atoms with E-state index in [-0.39, 0.29) is 17.9 Å². The van der Waals surface area contributed by atoms with E-state index < -0.39 is 0 Å². The first-order chi connectivity index (χ1) is 8.66. The molecule has 0 saturated heterocycles. The molecular weight excluding hydrogens is 234 g/mol. The Morgan fingerprint density at radius 2 is 2.22 bits per heavy atom. The standard InChI is InChI=1S/C11H17N5O2/c1-3-4-5-12-7-16-10(17)8-9(14-6-13-8)15(2)11(16)18/h6,12H,3-5,7H2,1-2H3,(H,13,14). The van der Waals surface area contributed by atoms with Crippen molar-refractivity contribution in [2.45, 2.75) is 26.4 Å². The van der Waals surface area contributed by atoms with Crippen molar-refractivity contribution in [3.63, 3.8) is 0 Å². The summed E-state index contributed by atoms with van der Waals surface area (Å²) >= 11 is 0. The fourth-order valence-electron chi connectivity index (χ4n) is 1.82. The molecule has 0 spiro atoms. The fraction of sp³-hybridized carbons (Fsp3) is 0.545. The smallest absolute Gasteiger partial charge is 0.333 e. The van der Waals surface area contributed by atoms with E-state index in [0.29, 0.717) is 11.2 Å². The molecular formula is C11H17N5O2. The van der Waals surface area contributed by atoms with E-state index in [1.165, 1.54) is 15.5 Å². The van der Waals surface area contributed by atoms with Crippen molar-refractivity contribution in [1.29, 1.82) is 0 Å². The van der Waals surface area contributed by atoms with Crippen molar-refractivity contribution in [1.82, 2.24) is 24.4 Å². The summed E-state index contributed by atoms with van der Waals surface area (Å²) in [6.07, 6.45) is 3.50. The van der Waals surface area contributed by atoms with E-state index in [1.807, 2.05) is 0 Å². The molecule has 2 heterocycles. The Kier molecular flexibility index (Phi) is 3.61. The van der Waals surface area contributed by atoms with Crippen LogP contribution in [0.25, 0.3) is 11.2 Å². The molecule has 2 aromatic heterocycles. The van der Waals surface area contributed by atoms with Crippen LogP contribution in [0.3, 0.4) is 0 Å². The quantitative estimate of drug-likeness (QED) is 0.719. The number of rotatable bonds is 5. The zero-order valence-electron chi connectivity index (χ0n) is 10.6. The Morgan fingerprint density at radius 3 is 2.94 bits per heavy atom. The average molecular weight is 251 g/mol. The number of nitrogens with one attached hydrogen (secondary N) is 2. The molecule has 2 N–H and O–H groups in total. The van der Waals surface area contributed by atoms with Crippen molar-refractivity contribution in [2.75, 3.05) is 6.54 Å². The summed E-state index contributed by atoms with van der Waals surface area (Å²) < 4.78 is 2.55. The van der Waals surface area contributed by atoms with Gasteiger partial charge in [0, 0.05) is 7.05 Å². The van der Waals surface area contributed by atoms with Crippen LogP contribution < -0.4 is 16.6 Å². The normalized spacial score (nSPS) is 11.2. The topological polar surface area (TPSA) is 84.7 Å². The lowest BCUT2D eigenvalue weighted by molar-refractivity contribution is 0.503. The number of aromatic nitrogens is 4. The van der Waals surface area contributed by atoms with Gasteiger partial charge in [-0.15, -0.1) is 0 Å². The highest BCUT2D eigenvalue weighted by Crippen LogP contribution is 1.98. The minimum Gasteiger partial charge on any atom is -0.339 e. The van der Waals surface area contributed by atoms with Gasteiger partial charge < -0.3 is 4.98 Å². The highest BCUT2D eigenvalue weighted by Gasteiger charge is 2.11. The van der Waals surface area contributed by atoms with Crippen LogP contribution in [0.1, 0.15) is 19.8 Å². The molecule has 0 unspecified atom stereocenters. The van der Waals surface area contributed by atoms with Crippen molar-refractivity contribution in [3.05, 3.63) is 27.2 Å². The summed E-state index contributed by atoms with van der Waals surface area (Å²) in [4.78, 5) is 30.8. The lowest BCUT2D eigenvalue weighted by Crippen LogP contribution is -2.42. The maximum atomic E-state index is 12.1. The molecule has 0 atom stereocenters. The molecule has 0 aliphatic heterocycles. The molecule has 0 saturated carbocycles. The fourth-order valence-corrected chi connectivity index (χ4v) is 1.82. The van der Waals surface area contributed by atoms with E-state index in [2.05, 4.69) is 22.2 Å². The van der Waals surface area contributed by atoms with Gasteiger partial charge in [0.15, 0.2) is 5.65 Å². The molecule has 7 heteroatoms. The highest BCUT2D eigenvalue weighted by atomic mass is 16.2. The summed E-state index contributed by atoms with van der Waals surface area (Å²) in [5, 5.41) is 3.08. The number of aromatic amines is 1. The van der Waals surface area contributed by atoms with Crippen LogP contribution >= 0.6 is 0 Å². The lowest BCUT2D eigenvalue weighted by Gasteiger charge is -2.08. The minimum absolute atomic E-state index is 0.223. The Balaban J connectivity index is 2.38. The van der Waals surface area contributed by atoms with Gasteiger partial charge in [-0.05, 0) is 13.0 Å². The molecule has 0 radical (unpaired) electrons. The molecule has 0 aliphatic rings. The molecule has 18 heavy (non-hydrogen) atoms. The van der Waals surface area contributed by atoms with Crippen molar-refractivity contribution >= 4 is 11.2 Å². The third-order valence-electron chi connectivity index (χ3n) is 2.89. The lowest BCUT2D eigenvalue weighted by atomic mass is 10.3. The number of hydrogen-bond donors (Lipinski definition) is 2. The number of hydrogen-bond acceptors (Lipinski definition) is 4. The highest BCUT2D eigenvalue weighted by molar-refractivity contribution is 5.68. The van der Waals surface area contributed by atoms with Gasteiger partial charge in [-0.1, -0.05) is 13.3 Å². The third-order valence-corrected chi connectivity index (χ3v) is 2.89. The van der Waals surface area contributed by atoms with E-state index in [0.717, 1.165) is 19.4 Å². The van der Waals surface area contributed by atoms with Crippen molar-refractivity contribution in [3.8, 4) is 0 Å². The average Bonchev–Trinajstić information content (AvgIpc) is 2.85. The van der Waals surface area contributed by atoms with Crippen molar-refractivity contribution in [2.24, 2.45) is 7.05 Å². The minimum atomic E-state index is -0.358. The van der Waals surface area contributed by atoms with E-state index >= 15 is 0 Å². The van der Waals surface area contributed by atoms with Gasteiger partial charge in [-0.3, -0.25) is 14.7 Å². The van der Waals surface area contributed by atoms with Gasteiger partial charge in [-0.25, -0.2) is 14.3 Å². The SMILES string of the molecule is CCCCNCn1c(=O)c2[nH]cnc2n(C)c1=O. The van der Waals surface area contributed by atoms with Crippen LogP contribution in [0.15, 0.2) is 15.9 Å². The molecule has 2 rings (SSSR count). The zero-order valence-corrected chi connectivity index (χ0v) is 10.6. The number of imidazole rings is 1. The summed E-state index contributed by atoms with van der Waals surface area (Å²) in [6.45, 7) is 3.09. The van der Waals surface area contributed by atoms with Crippen LogP contribution in [-0.2, 0) is 13.7 Å². The Morgan fingerprint density at radius 1 is 1.44 bits per heavy atom. The Hall–Kier alpha value is -1.89. The van der Waals surface area contributed by atoms with Crippen LogP contribution in [0.5, 0.6) is 0 Å². The summed E-state index contributed by atoms with van der Waals surface area (Å²) in [5.41, 5.74) is 0.0439. The van der Waals surface area contributed by atoms with Gasteiger partial charge in [-0.2, -0.15) is 0 Å². The number of nitrogens with zero attached hydrogens (tertiary/aromatic N) is 3. The van der Waals surface area contributed by atoms with Gasteiger partial charge in [0.05, 0.1) is 13.0 Å². The molecule has 0 bridgehead atoms. The van der Waals surface area contributed by atoms with Gasteiger partial charge in [0.2, 0.25) is 0 Å². The Bertz CT molecular complexity index is 651. The van der Waals surface area contributed by atoms with E-state index in [1.54, 1.807) is 7.05 Å². The molecule has 98 valence electrons. The predicted octanol–water partition coefficient (Wildman–Crippen LogP) is -0.230. The maximum Gasteiger partial charge on any atom is 0.333 e. The molecule has 0 aromatic carbocycles. The molecule has 2 aromatic rings. The maximum absolute atomic E-state index is 12.1. The zero-order chi connectivity index (χ0) is 13.1. The summed E-state index contributed by atoms with van der Waals surface area (Å²) in [7, 11) is 1.60. The second-order valence-corrected chi connectivity index (χ2v) is 4.19. The number of H-pyrrole nitrogens is 1. The molecule has 0 amide bonds. The second-order valence-electron chi connectivity index (χ2n) is 4.19. The summed E-state index contributed by atoms with van der Waals surface area (Å²) in [6, 6.07) is 0. The van der Waals surface area contributed by atoms with Crippen molar-refractivity contribution < 1.29 is 0 Å². The van der Waals surface area contributed by atoms with Crippen LogP contribution in [0.4, 0.5) is 0 Å². The first-order valence-electron chi connectivity index (χ1n) is 6.00. The van der Waals surface area contributed by atoms with E-state index in [4.69, 9.17) is 0 Å². The van der Waals surface area contributed by atoms with Crippen LogP contribution in [-0.4, -0.2) is 25.6 Å². The van der Waals surface area contributed by atoms with Gasteiger partial charge in [0.25, 0.3) is 5.56 Å². The van der Waals surface area contributed by atoms with Gasteiger partial charge in [0.1, 0.15) is 5.52 Å². The largest absolute Gasteiger partial charge is 0.339 e. The number of fused-ring (bicyclic) bond motifs is 1. The predicted molar refractivity (Wildman–Crippen MR) is 68.5 cm³/mol. The molecule has 0 aliphatic carbocycles. The van der Waals surface area contributed by atoms with Gasteiger partial charge >= 0.3 is 5.69 Å². The number of unbranched alkanes of at least 4 members (excludes halogenated alkanes) is 1. The van der Waals surface area contributed by atoms with Crippen LogP contribution in [0.2, 0.25) is 0 Å². The summed E-state index contributed by atoms with van der Waals surface area (Å²) in [5.74, 6) is 0. The monoisotopic (exact) mass is 251 g/mol. The first kappa shape index (κ1) is 12.6. The third kappa shape index (κ3) is 2.08.